The summed E-state index contributed by atoms with van der Waals surface area (Å²) >= 11 is 3.42. The van der Waals surface area contributed by atoms with E-state index >= 15 is 0 Å². The standard InChI is InChI=1S/C16H16BrNO/c1-3-18(14-7-5-4-6-8-14)16(19)15-11-13(17)10-9-12(15)2/h4-11H,3H2,1-2H3. The lowest BCUT2D eigenvalue weighted by atomic mass is 10.1. The molecule has 98 valence electrons. The predicted octanol–water partition coefficient (Wildman–Crippen LogP) is 4.42. The third-order valence-corrected chi connectivity index (χ3v) is 3.55. The van der Waals surface area contributed by atoms with Crippen LogP contribution in [0.1, 0.15) is 22.8 Å². The van der Waals surface area contributed by atoms with Crippen molar-refractivity contribution in [3.05, 3.63) is 64.1 Å². The Kier molecular flexibility index (Phi) is 4.38. The van der Waals surface area contributed by atoms with Gasteiger partial charge in [-0.1, -0.05) is 40.2 Å². The molecule has 0 saturated heterocycles. The summed E-state index contributed by atoms with van der Waals surface area (Å²) in [5.41, 5.74) is 2.65. The Balaban J connectivity index is 2.39. The number of para-hydroxylation sites is 1. The number of benzene rings is 2. The van der Waals surface area contributed by atoms with E-state index in [1.54, 1.807) is 4.90 Å². The van der Waals surface area contributed by atoms with Gasteiger partial charge in [0.15, 0.2) is 0 Å². The maximum atomic E-state index is 12.7. The fraction of sp³-hybridized carbons (Fsp3) is 0.188. The van der Waals surface area contributed by atoms with Gasteiger partial charge in [-0.05, 0) is 43.7 Å². The molecule has 2 nitrogen and oxygen atoms in total. The summed E-state index contributed by atoms with van der Waals surface area (Å²) < 4.78 is 0.922. The van der Waals surface area contributed by atoms with Gasteiger partial charge in [-0.25, -0.2) is 0 Å². The summed E-state index contributed by atoms with van der Waals surface area (Å²) in [6.07, 6.45) is 0. The van der Waals surface area contributed by atoms with Gasteiger partial charge >= 0.3 is 0 Å². The highest BCUT2D eigenvalue weighted by Gasteiger charge is 2.17. The van der Waals surface area contributed by atoms with E-state index < -0.39 is 0 Å². The Morgan fingerprint density at radius 1 is 1.16 bits per heavy atom. The molecular weight excluding hydrogens is 302 g/mol. The van der Waals surface area contributed by atoms with Crippen molar-refractivity contribution in [1.29, 1.82) is 0 Å². The Morgan fingerprint density at radius 3 is 2.47 bits per heavy atom. The molecule has 19 heavy (non-hydrogen) atoms. The normalized spacial score (nSPS) is 10.3. The van der Waals surface area contributed by atoms with Crippen molar-refractivity contribution < 1.29 is 4.79 Å². The van der Waals surface area contributed by atoms with Crippen molar-refractivity contribution in [1.82, 2.24) is 0 Å². The summed E-state index contributed by atoms with van der Waals surface area (Å²) in [4.78, 5) is 14.4. The van der Waals surface area contributed by atoms with Gasteiger partial charge in [-0.3, -0.25) is 4.79 Å². The van der Waals surface area contributed by atoms with E-state index in [1.165, 1.54) is 0 Å². The zero-order valence-electron chi connectivity index (χ0n) is 11.1. The summed E-state index contributed by atoms with van der Waals surface area (Å²) in [6.45, 7) is 4.59. The number of aryl methyl sites for hydroxylation is 1. The number of hydrogen-bond donors (Lipinski definition) is 0. The molecule has 0 unspecified atom stereocenters. The summed E-state index contributed by atoms with van der Waals surface area (Å²) in [5, 5.41) is 0. The van der Waals surface area contributed by atoms with E-state index in [1.807, 2.05) is 62.4 Å². The number of amides is 1. The van der Waals surface area contributed by atoms with Crippen LogP contribution in [-0.4, -0.2) is 12.5 Å². The first-order valence-corrected chi connectivity index (χ1v) is 7.06. The lowest BCUT2D eigenvalue weighted by Crippen LogP contribution is -2.31. The van der Waals surface area contributed by atoms with E-state index in [2.05, 4.69) is 15.9 Å². The molecule has 0 atom stereocenters. The van der Waals surface area contributed by atoms with Gasteiger partial charge in [0, 0.05) is 22.3 Å². The van der Waals surface area contributed by atoms with E-state index in [9.17, 15) is 4.79 Å². The molecule has 0 aliphatic rings. The monoisotopic (exact) mass is 317 g/mol. The number of hydrogen-bond acceptors (Lipinski definition) is 1. The van der Waals surface area contributed by atoms with Gasteiger partial charge in [0.25, 0.3) is 5.91 Å². The zero-order chi connectivity index (χ0) is 13.8. The quantitative estimate of drug-likeness (QED) is 0.820. The second kappa shape index (κ2) is 6.02. The molecular formula is C16H16BrNO. The van der Waals surface area contributed by atoms with Crippen LogP contribution in [0.4, 0.5) is 5.69 Å². The van der Waals surface area contributed by atoms with E-state index in [0.29, 0.717) is 6.54 Å². The van der Waals surface area contributed by atoms with Crippen molar-refractivity contribution in [2.45, 2.75) is 13.8 Å². The van der Waals surface area contributed by atoms with Crippen molar-refractivity contribution in [2.75, 3.05) is 11.4 Å². The van der Waals surface area contributed by atoms with Gasteiger partial charge in [0.1, 0.15) is 0 Å². The minimum Gasteiger partial charge on any atom is -0.309 e. The SMILES string of the molecule is CCN(C(=O)c1cc(Br)ccc1C)c1ccccc1. The van der Waals surface area contributed by atoms with Crippen molar-refractivity contribution in [2.24, 2.45) is 0 Å². The minimum absolute atomic E-state index is 0.0347. The number of carbonyl (C=O) groups excluding carboxylic acids is 1. The van der Waals surface area contributed by atoms with Gasteiger partial charge < -0.3 is 4.90 Å². The van der Waals surface area contributed by atoms with Crippen LogP contribution >= 0.6 is 15.9 Å². The highest BCUT2D eigenvalue weighted by atomic mass is 79.9. The first kappa shape index (κ1) is 13.8. The highest BCUT2D eigenvalue weighted by Crippen LogP contribution is 2.21. The van der Waals surface area contributed by atoms with E-state index in [4.69, 9.17) is 0 Å². The van der Waals surface area contributed by atoms with Crippen molar-refractivity contribution in [3.63, 3.8) is 0 Å². The van der Waals surface area contributed by atoms with Crippen LogP contribution in [0.25, 0.3) is 0 Å². The predicted molar refractivity (Wildman–Crippen MR) is 82.7 cm³/mol. The second-order valence-corrected chi connectivity index (χ2v) is 5.26. The number of halogens is 1. The molecule has 0 bridgehead atoms. The van der Waals surface area contributed by atoms with Crippen LogP contribution in [0.15, 0.2) is 53.0 Å². The third kappa shape index (κ3) is 3.04. The van der Waals surface area contributed by atoms with Gasteiger partial charge in [-0.2, -0.15) is 0 Å². The molecule has 0 heterocycles. The molecule has 0 aromatic heterocycles. The molecule has 0 saturated carbocycles. The van der Waals surface area contributed by atoms with Crippen molar-refractivity contribution >= 4 is 27.5 Å². The second-order valence-electron chi connectivity index (χ2n) is 4.34. The molecule has 0 aliphatic heterocycles. The molecule has 2 aromatic carbocycles. The zero-order valence-corrected chi connectivity index (χ0v) is 12.6. The molecule has 0 fully saturated rings. The Hall–Kier alpha value is -1.61. The Labute approximate surface area is 122 Å². The maximum Gasteiger partial charge on any atom is 0.258 e. The first-order valence-electron chi connectivity index (χ1n) is 6.26. The molecule has 1 amide bonds. The van der Waals surface area contributed by atoms with Crippen LogP contribution in [0.2, 0.25) is 0 Å². The molecule has 0 spiro atoms. The summed E-state index contributed by atoms with van der Waals surface area (Å²) in [6, 6.07) is 15.5. The van der Waals surface area contributed by atoms with Gasteiger partial charge in [0.05, 0.1) is 0 Å². The Morgan fingerprint density at radius 2 is 1.84 bits per heavy atom. The third-order valence-electron chi connectivity index (χ3n) is 3.06. The minimum atomic E-state index is 0.0347. The summed E-state index contributed by atoms with van der Waals surface area (Å²) in [7, 11) is 0. The fourth-order valence-corrected chi connectivity index (χ4v) is 2.38. The molecule has 3 heteroatoms. The number of anilines is 1. The van der Waals surface area contributed by atoms with Crippen LogP contribution in [0.5, 0.6) is 0 Å². The smallest absolute Gasteiger partial charge is 0.258 e. The molecule has 0 radical (unpaired) electrons. The lowest BCUT2D eigenvalue weighted by molar-refractivity contribution is 0.0987. The number of nitrogens with zero attached hydrogens (tertiary/aromatic N) is 1. The number of carbonyl (C=O) groups is 1. The topological polar surface area (TPSA) is 20.3 Å². The van der Waals surface area contributed by atoms with Gasteiger partial charge in [-0.15, -0.1) is 0 Å². The maximum absolute atomic E-state index is 12.7. The van der Waals surface area contributed by atoms with Crippen LogP contribution < -0.4 is 4.90 Å². The molecule has 0 N–H and O–H groups in total. The largest absolute Gasteiger partial charge is 0.309 e. The average molecular weight is 318 g/mol. The van der Waals surface area contributed by atoms with Crippen molar-refractivity contribution in [3.8, 4) is 0 Å². The lowest BCUT2D eigenvalue weighted by Gasteiger charge is -2.22. The fourth-order valence-electron chi connectivity index (χ4n) is 2.02. The van der Waals surface area contributed by atoms with Crippen LogP contribution in [0.3, 0.4) is 0 Å². The van der Waals surface area contributed by atoms with E-state index in [-0.39, 0.29) is 5.91 Å². The summed E-state index contributed by atoms with van der Waals surface area (Å²) in [5.74, 6) is 0.0347. The van der Waals surface area contributed by atoms with Crippen LogP contribution in [0, 0.1) is 6.92 Å². The van der Waals surface area contributed by atoms with E-state index in [0.717, 1.165) is 21.3 Å². The number of rotatable bonds is 3. The Bertz CT molecular complexity index is 581. The molecule has 2 rings (SSSR count). The first-order chi connectivity index (χ1) is 9.13. The highest BCUT2D eigenvalue weighted by molar-refractivity contribution is 9.10. The molecule has 0 aliphatic carbocycles. The van der Waals surface area contributed by atoms with Gasteiger partial charge in [0.2, 0.25) is 0 Å². The molecule has 2 aromatic rings. The average Bonchev–Trinajstić information content (AvgIpc) is 2.43. The van der Waals surface area contributed by atoms with Crippen LogP contribution in [-0.2, 0) is 0 Å².